The molecule has 21 heavy (non-hydrogen) atoms. The average molecular weight is 282 g/mol. The highest BCUT2D eigenvalue weighted by atomic mass is 16.2. The van der Waals surface area contributed by atoms with Crippen LogP contribution in [0.1, 0.15) is 31.7 Å². The molecule has 2 aromatic rings. The van der Waals surface area contributed by atoms with E-state index >= 15 is 0 Å². The largest absolute Gasteiger partial charge is 0.397 e. The van der Waals surface area contributed by atoms with Crippen LogP contribution in [-0.2, 0) is 4.79 Å². The van der Waals surface area contributed by atoms with E-state index in [2.05, 4.69) is 6.92 Å². The smallest absolute Gasteiger partial charge is 0.234 e. The van der Waals surface area contributed by atoms with Crippen LogP contribution in [0, 0.1) is 0 Å². The molecule has 0 saturated heterocycles. The molecule has 0 saturated carbocycles. The van der Waals surface area contributed by atoms with Gasteiger partial charge in [0.2, 0.25) is 5.91 Å². The van der Waals surface area contributed by atoms with E-state index in [1.54, 1.807) is 4.90 Å². The Bertz CT molecular complexity index is 595. The van der Waals surface area contributed by atoms with Crippen LogP contribution < -0.4 is 10.6 Å². The molecule has 1 amide bonds. The number of nitrogen functional groups attached to an aromatic ring is 1. The van der Waals surface area contributed by atoms with Crippen molar-refractivity contribution < 1.29 is 4.79 Å². The Morgan fingerprint density at radius 1 is 1.10 bits per heavy atom. The third-order valence-corrected chi connectivity index (χ3v) is 3.61. The molecule has 1 atom stereocenters. The molecule has 0 fully saturated rings. The normalized spacial score (nSPS) is 11.9. The number of para-hydroxylation sites is 2. The van der Waals surface area contributed by atoms with Gasteiger partial charge < -0.3 is 10.6 Å². The summed E-state index contributed by atoms with van der Waals surface area (Å²) in [5.74, 6) is -0.0988. The number of hydrogen-bond donors (Lipinski definition) is 1. The quantitative estimate of drug-likeness (QED) is 0.847. The van der Waals surface area contributed by atoms with Gasteiger partial charge in [-0.25, -0.2) is 0 Å². The number of benzene rings is 2. The highest BCUT2D eigenvalue weighted by Crippen LogP contribution is 2.27. The number of rotatable bonds is 5. The van der Waals surface area contributed by atoms with Crippen LogP contribution in [0.5, 0.6) is 0 Å². The lowest BCUT2D eigenvalue weighted by atomic mass is 9.99. The summed E-state index contributed by atoms with van der Waals surface area (Å²) in [5, 5.41) is 0. The Balaban J connectivity index is 2.30. The first kappa shape index (κ1) is 15.1. The summed E-state index contributed by atoms with van der Waals surface area (Å²) in [7, 11) is 0. The fraction of sp³-hybridized carbons (Fsp3) is 0.278. The maximum Gasteiger partial charge on any atom is 0.234 e. The van der Waals surface area contributed by atoms with Gasteiger partial charge in [-0.1, -0.05) is 49.4 Å². The van der Waals surface area contributed by atoms with Crippen molar-refractivity contribution in [2.24, 2.45) is 0 Å². The van der Waals surface area contributed by atoms with Gasteiger partial charge in [-0.3, -0.25) is 4.79 Å². The molecule has 0 aromatic heterocycles. The lowest BCUT2D eigenvalue weighted by molar-refractivity contribution is -0.119. The Kier molecular flexibility index (Phi) is 4.99. The molecule has 3 nitrogen and oxygen atoms in total. The number of carbonyl (C=O) groups excluding carboxylic acids is 1. The van der Waals surface area contributed by atoms with Crippen molar-refractivity contribution in [3.63, 3.8) is 0 Å². The predicted octanol–water partition coefficient (Wildman–Crippen LogP) is 3.82. The number of amides is 1. The summed E-state index contributed by atoms with van der Waals surface area (Å²) in [5.41, 5.74) is 8.50. The molecular weight excluding hydrogens is 260 g/mol. The van der Waals surface area contributed by atoms with Gasteiger partial charge in [-0.15, -0.1) is 0 Å². The van der Waals surface area contributed by atoms with Crippen LogP contribution in [0.2, 0.25) is 0 Å². The van der Waals surface area contributed by atoms with E-state index in [0.717, 1.165) is 17.7 Å². The van der Waals surface area contributed by atoms with Gasteiger partial charge >= 0.3 is 0 Å². The molecule has 0 radical (unpaired) electrons. The molecule has 0 aliphatic carbocycles. The molecule has 2 N–H and O–H groups in total. The monoisotopic (exact) mass is 282 g/mol. The first-order chi connectivity index (χ1) is 10.1. The molecule has 0 heterocycles. The maximum atomic E-state index is 12.9. The predicted molar refractivity (Wildman–Crippen MR) is 88.4 cm³/mol. The van der Waals surface area contributed by atoms with Gasteiger partial charge in [0.1, 0.15) is 0 Å². The SMILES string of the molecule is CCCN(C(=O)C(C)c1ccccc1)c1ccccc1N. The van der Waals surface area contributed by atoms with Crippen LogP contribution in [0.15, 0.2) is 54.6 Å². The number of hydrogen-bond acceptors (Lipinski definition) is 2. The minimum Gasteiger partial charge on any atom is -0.397 e. The average Bonchev–Trinajstić information content (AvgIpc) is 2.53. The van der Waals surface area contributed by atoms with Crippen molar-refractivity contribution in [3.8, 4) is 0 Å². The topological polar surface area (TPSA) is 46.3 Å². The second-order valence-electron chi connectivity index (χ2n) is 5.18. The van der Waals surface area contributed by atoms with Crippen LogP contribution in [0.3, 0.4) is 0 Å². The van der Waals surface area contributed by atoms with Crippen molar-refractivity contribution in [2.45, 2.75) is 26.2 Å². The zero-order valence-corrected chi connectivity index (χ0v) is 12.6. The van der Waals surface area contributed by atoms with Crippen LogP contribution >= 0.6 is 0 Å². The molecule has 2 aromatic carbocycles. The highest BCUT2D eigenvalue weighted by Gasteiger charge is 2.23. The third kappa shape index (κ3) is 3.43. The summed E-state index contributed by atoms with van der Waals surface area (Å²) in [6.07, 6.45) is 0.890. The molecule has 0 spiro atoms. The summed E-state index contributed by atoms with van der Waals surface area (Å²) < 4.78 is 0. The van der Waals surface area contributed by atoms with Gasteiger partial charge in [-0.05, 0) is 31.0 Å². The second-order valence-corrected chi connectivity index (χ2v) is 5.18. The molecular formula is C18H22N2O. The van der Waals surface area contributed by atoms with Crippen molar-refractivity contribution >= 4 is 17.3 Å². The number of nitrogens with zero attached hydrogens (tertiary/aromatic N) is 1. The van der Waals surface area contributed by atoms with E-state index in [9.17, 15) is 4.79 Å². The van der Waals surface area contributed by atoms with E-state index in [4.69, 9.17) is 5.73 Å². The second kappa shape index (κ2) is 6.93. The molecule has 0 bridgehead atoms. The standard InChI is InChI=1S/C18H22N2O/c1-3-13-20(17-12-8-7-11-16(17)19)18(21)14(2)15-9-5-4-6-10-15/h4-12,14H,3,13,19H2,1-2H3. The number of anilines is 2. The lowest BCUT2D eigenvalue weighted by Gasteiger charge is -2.27. The minimum atomic E-state index is -0.183. The fourth-order valence-corrected chi connectivity index (χ4v) is 2.42. The van der Waals surface area contributed by atoms with Crippen LogP contribution in [0.4, 0.5) is 11.4 Å². The van der Waals surface area contributed by atoms with Crippen molar-refractivity contribution in [1.82, 2.24) is 0 Å². The van der Waals surface area contributed by atoms with Gasteiger partial charge in [0.25, 0.3) is 0 Å². The Hall–Kier alpha value is -2.29. The van der Waals surface area contributed by atoms with Crippen molar-refractivity contribution in [3.05, 3.63) is 60.2 Å². The van der Waals surface area contributed by atoms with Gasteiger partial charge in [0.15, 0.2) is 0 Å². The fourth-order valence-electron chi connectivity index (χ4n) is 2.42. The molecule has 2 rings (SSSR count). The molecule has 1 unspecified atom stereocenters. The zero-order chi connectivity index (χ0) is 15.2. The van der Waals surface area contributed by atoms with Gasteiger partial charge in [0.05, 0.1) is 17.3 Å². The molecule has 3 heteroatoms. The number of nitrogens with two attached hydrogens (primary N) is 1. The van der Waals surface area contributed by atoms with E-state index in [1.807, 2.05) is 61.5 Å². The van der Waals surface area contributed by atoms with Gasteiger partial charge in [0, 0.05) is 6.54 Å². The molecule has 0 aliphatic rings. The zero-order valence-electron chi connectivity index (χ0n) is 12.6. The summed E-state index contributed by atoms with van der Waals surface area (Å²) in [6, 6.07) is 17.4. The Labute approximate surface area is 126 Å². The van der Waals surface area contributed by atoms with E-state index < -0.39 is 0 Å². The first-order valence-electron chi connectivity index (χ1n) is 7.36. The van der Waals surface area contributed by atoms with Crippen molar-refractivity contribution in [2.75, 3.05) is 17.2 Å². The lowest BCUT2D eigenvalue weighted by Crippen LogP contribution is -2.35. The van der Waals surface area contributed by atoms with Crippen molar-refractivity contribution in [1.29, 1.82) is 0 Å². The number of carbonyl (C=O) groups is 1. The Morgan fingerprint density at radius 2 is 1.71 bits per heavy atom. The summed E-state index contributed by atoms with van der Waals surface area (Å²) in [4.78, 5) is 14.7. The van der Waals surface area contributed by atoms with Crippen LogP contribution in [-0.4, -0.2) is 12.5 Å². The minimum absolute atomic E-state index is 0.0842. The van der Waals surface area contributed by atoms with E-state index in [1.165, 1.54) is 0 Å². The Morgan fingerprint density at radius 3 is 2.33 bits per heavy atom. The van der Waals surface area contributed by atoms with Gasteiger partial charge in [-0.2, -0.15) is 0 Å². The van der Waals surface area contributed by atoms with E-state index in [0.29, 0.717) is 12.2 Å². The molecule has 0 aliphatic heterocycles. The summed E-state index contributed by atoms with van der Waals surface area (Å²) >= 11 is 0. The van der Waals surface area contributed by atoms with Crippen LogP contribution in [0.25, 0.3) is 0 Å². The highest BCUT2D eigenvalue weighted by molar-refractivity contribution is 6.00. The third-order valence-electron chi connectivity index (χ3n) is 3.61. The maximum absolute atomic E-state index is 12.9. The first-order valence-corrected chi connectivity index (χ1v) is 7.36. The summed E-state index contributed by atoms with van der Waals surface area (Å²) in [6.45, 7) is 4.68. The van der Waals surface area contributed by atoms with E-state index in [-0.39, 0.29) is 11.8 Å². The molecule has 110 valence electrons.